The zero-order valence-electron chi connectivity index (χ0n) is 15.2. The highest BCUT2D eigenvalue weighted by Gasteiger charge is 2.35. The van der Waals surface area contributed by atoms with Crippen LogP contribution in [0.5, 0.6) is 0 Å². The Kier molecular flexibility index (Phi) is 3.86. The number of fused-ring (bicyclic) bond motifs is 2. The van der Waals surface area contributed by atoms with Gasteiger partial charge >= 0.3 is 0 Å². The van der Waals surface area contributed by atoms with E-state index in [1.54, 1.807) is 23.6 Å². The van der Waals surface area contributed by atoms with Gasteiger partial charge in [0.2, 0.25) is 0 Å². The van der Waals surface area contributed by atoms with Crippen LogP contribution >= 0.6 is 11.3 Å². The fourth-order valence-electron chi connectivity index (χ4n) is 3.85. The zero-order valence-corrected chi connectivity index (χ0v) is 16.0. The van der Waals surface area contributed by atoms with Crippen molar-refractivity contribution in [2.24, 2.45) is 7.05 Å². The van der Waals surface area contributed by atoms with Crippen molar-refractivity contribution in [2.45, 2.75) is 5.60 Å². The minimum Gasteiger partial charge on any atom is -0.378 e. The molecule has 28 heavy (non-hydrogen) atoms. The number of thiophene rings is 1. The summed E-state index contributed by atoms with van der Waals surface area (Å²) in [4.78, 5) is 0. The molecule has 4 nitrogen and oxygen atoms in total. The van der Waals surface area contributed by atoms with Gasteiger partial charge in [0, 0.05) is 40.5 Å². The van der Waals surface area contributed by atoms with Gasteiger partial charge in [-0.15, -0.1) is 0 Å². The molecule has 0 aliphatic heterocycles. The van der Waals surface area contributed by atoms with E-state index in [0.717, 1.165) is 27.5 Å². The fraction of sp³-hybridized carbons (Fsp3) is 0.136. The van der Waals surface area contributed by atoms with Crippen LogP contribution in [0.3, 0.4) is 0 Å². The van der Waals surface area contributed by atoms with Gasteiger partial charge in [0.05, 0.1) is 17.4 Å². The molecule has 0 saturated carbocycles. The van der Waals surface area contributed by atoms with Gasteiger partial charge in [-0.3, -0.25) is 0 Å². The van der Waals surface area contributed by atoms with Crippen molar-refractivity contribution in [1.29, 1.82) is 0 Å². The molecule has 140 valence electrons. The molecule has 1 atom stereocenters. The lowest BCUT2D eigenvalue weighted by molar-refractivity contribution is 0.0532. The molecule has 0 radical (unpaired) electrons. The average Bonchev–Trinajstić information content (AvgIpc) is 3.46. The molecule has 0 amide bonds. The predicted octanol–water partition coefficient (Wildman–Crippen LogP) is 4.78. The molecule has 6 heteroatoms. The SMILES string of the molecule is Cn1cc(C(O)(CF)c2ccc3c(cnn3-c3ccsc3)c2)c2ccccc21. The smallest absolute Gasteiger partial charge is 0.145 e. The minimum absolute atomic E-state index is 0.517. The second-order valence-electron chi connectivity index (χ2n) is 6.98. The molecule has 0 saturated heterocycles. The number of para-hydroxylation sites is 1. The van der Waals surface area contributed by atoms with Gasteiger partial charge in [0.1, 0.15) is 12.3 Å². The van der Waals surface area contributed by atoms with E-state index in [-0.39, 0.29) is 0 Å². The van der Waals surface area contributed by atoms with Crippen molar-refractivity contribution < 1.29 is 9.50 Å². The van der Waals surface area contributed by atoms with E-state index in [0.29, 0.717) is 11.1 Å². The Labute approximate surface area is 165 Å². The third-order valence-electron chi connectivity index (χ3n) is 5.33. The number of nitrogens with zero attached hydrogens (tertiary/aromatic N) is 3. The first-order valence-corrected chi connectivity index (χ1v) is 9.90. The molecule has 5 aromatic rings. The van der Waals surface area contributed by atoms with Crippen LogP contribution in [-0.2, 0) is 12.6 Å². The first kappa shape index (κ1) is 17.2. The summed E-state index contributed by atoms with van der Waals surface area (Å²) in [7, 11) is 1.90. The van der Waals surface area contributed by atoms with Gasteiger partial charge in [-0.2, -0.15) is 16.4 Å². The van der Waals surface area contributed by atoms with Crippen molar-refractivity contribution in [2.75, 3.05) is 6.67 Å². The quantitative estimate of drug-likeness (QED) is 0.479. The molecule has 0 aliphatic carbocycles. The number of halogens is 1. The standard InChI is InChI=1S/C22H18FN3OS/c1-25-12-19(18-4-2-3-5-21(18)25)22(27,14-23)16-6-7-20-15(10-16)11-24-26(20)17-8-9-28-13-17/h2-13,27H,14H2,1H3. The molecule has 5 rings (SSSR count). The number of benzene rings is 2. The Morgan fingerprint density at radius 2 is 2.00 bits per heavy atom. The highest BCUT2D eigenvalue weighted by atomic mass is 32.1. The van der Waals surface area contributed by atoms with Gasteiger partial charge in [-0.05, 0) is 35.2 Å². The van der Waals surface area contributed by atoms with Crippen LogP contribution in [0.25, 0.3) is 27.5 Å². The lowest BCUT2D eigenvalue weighted by Gasteiger charge is -2.25. The molecule has 3 heterocycles. The van der Waals surface area contributed by atoms with Gasteiger partial charge in [0.15, 0.2) is 0 Å². The Bertz CT molecular complexity index is 1290. The summed E-state index contributed by atoms with van der Waals surface area (Å²) < 4.78 is 18.1. The third-order valence-corrected chi connectivity index (χ3v) is 6.00. The number of aryl methyl sites for hydroxylation is 1. The fourth-order valence-corrected chi connectivity index (χ4v) is 4.46. The summed E-state index contributed by atoms with van der Waals surface area (Å²) in [5, 5.41) is 21.6. The van der Waals surface area contributed by atoms with E-state index in [1.807, 2.05) is 75.7 Å². The Balaban J connectivity index is 1.68. The number of hydrogen-bond acceptors (Lipinski definition) is 3. The summed E-state index contributed by atoms with van der Waals surface area (Å²) in [5.41, 5.74) is 2.22. The number of rotatable bonds is 4. The van der Waals surface area contributed by atoms with E-state index in [9.17, 15) is 9.50 Å². The Hall–Kier alpha value is -2.96. The van der Waals surface area contributed by atoms with Crippen molar-refractivity contribution >= 4 is 33.1 Å². The maximum absolute atomic E-state index is 14.3. The van der Waals surface area contributed by atoms with Gasteiger partial charge in [-0.25, -0.2) is 9.07 Å². The van der Waals surface area contributed by atoms with Crippen molar-refractivity contribution in [3.8, 4) is 5.69 Å². The molecular formula is C22H18FN3OS. The number of aliphatic hydroxyl groups is 1. The largest absolute Gasteiger partial charge is 0.378 e. The van der Waals surface area contributed by atoms with Crippen LogP contribution in [0.15, 0.2) is 71.7 Å². The second kappa shape index (κ2) is 6.29. The summed E-state index contributed by atoms with van der Waals surface area (Å²) in [6, 6.07) is 15.2. The maximum Gasteiger partial charge on any atom is 0.145 e. The highest BCUT2D eigenvalue weighted by molar-refractivity contribution is 7.08. The topological polar surface area (TPSA) is 43.0 Å². The summed E-state index contributed by atoms with van der Waals surface area (Å²) in [6.07, 6.45) is 3.56. The molecule has 0 spiro atoms. The van der Waals surface area contributed by atoms with Crippen LogP contribution in [-0.4, -0.2) is 26.1 Å². The molecule has 2 aromatic carbocycles. The third kappa shape index (κ3) is 2.42. The zero-order chi connectivity index (χ0) is 19.3. The maximum atomic E-state index is 14.3. The summed E-state index contributed by atoms with van der Waals surface area (Å²) in [6.45, 7) is -0.912. The summed E-state index contributed by atoms with van der Waals surface area (Å²) in [5.74, 6) is 0. The van der Waals surface area contributed by atoms with Crippen LogP contribution < -0.4 is 0 Å². The average molecular weight is 391 g/mol. The minimum atomic E-state index is -1.72. The number of alkyl halides is 1. The number of aromatic nitrogens is 3. The highest BCUT2D eigenvalue weighted by Crippen LogP contribution is 2.37. The first-order chi connectivity index (χ1) is 13.6. The molecule has 0 fully saturated rings. The van der Waals surface area contributed by atoms with Crippen molar-refractivity contribution in [3.05, 3.63) is 82.8 Å². The molecule has 1 N–H and O–H groups in total. The van der Waals surface area contributed by atoms with Crippen LogP contribution in [0.1, 0.15) is 11.1 Å². The predicted molar refractivity (Wildman–Crippen MR) is 111 cm³/mol. The first-order valence-electron chi connectivity index (χ1n) is 8.95. The van der Waals surface area contributed by atoms with Gasteiger partial charge < -0.3 is 9.67 Å². The van der Waals surface area contributed by atoms with E-state index < -0.39 is 12.3 Å². The molecule has 0 aliphatic rings. The molecular weight excluding hydrogens is 373 g/mol. The van der Waals surface area contributed by atoms with E-state index in [2.05, 4.69) is 5.10 Å². The van der Waals surface area contributed by atoms with Crippen molar-refractivity contribution in [3.63, 3.8) is 0 Å². The van der Waals surface area contributed by atoms with E-state index in [4.69, 9.17) is 0 Å². The monoisotopic (exact) mass is 391 g/mol. The molecule has 3 aromatic heterocycles. The lowest BCUT2D eigenvalue weighted by atomic mass is 9.86. The summed E-state index contributed by atoms with van der Waals surface area (Å²) >= 11 is 1.61. The Morgan fingerprint density at radius 1 is 1.14 bits per heavy atom. The normalized spacial score (nSPS) is 14.0. The van der Waals surface area contributed by atoms with Gasteiger partial charge in [-0.1, -0.05) is 24.3 Å². The van der Waals surface area contributed by atoms with E-state index in [1.165, 1.54) is 0 Å². The van der Waals surface area contributed by atoms with Gasteiger partial charge in [0.25, 0.3) is 0 Å². The van der Waals surface area contributed by atoms with Crippen LogP contribution in [0.2, 0.25) is 0 Å². The molecule has 1 unspecified atom stereocenters. The van der Waals surface area contributed by atoms with E-state index >= 15 is 0 Å². The molecule has 0 bridgehead atoms. The van der Waals surface area contributed by atoms with Crippen LogP contribution in [0.4, 0.5) is 4.39 Å². The van der Waals surface area contributed by atoms with Crippen molar-refractivity contribution in [1.82, 2.24) is 14.3 Å². The number of hydrogen-bond donors (Lipinski definition) is 1. The van der Waals surface area contributed by atoms with Crippen LogP contribution in [0, 0.1) is 0 Å². The second-order valence-corrected chi connectivity index (χ2v) is 7.76. The Morgan fingerprint density at radius 3 is 2.79 bits per heavy atom. The lowest BCUT2D eigenvalue weighted by Crippen LogP contribution is -2.29.